The molecule has 0 rings (SSSR count). The molecule has 0 amide bonds. The maximum atomic E-state index is 5.56. The van der Waals surface area contributed by atoms with E-state index in [4.69, 9.17) is 10.5 Å². The summed E-state index contributed by atoms with van der Waals surface area (Å²) in [6.45, 7) is 8.16. The minimum absolute atomic E-state index is 0.0371. The van der Waals surface area contributed by atoms with Crippen LogP contribution in [0.3, 0.4) is 0 Å². The van der Waals surface area contributed by atoms with E-state index in [1.54, 1.807) is 6.08 Å². The van der Waals surface area contributed by atoms with Gasteiger partial charge in [0.1, 0.15) is 0 Å². The van der Waals surface area contributed by atoms with Gasteiger partial charge < -0.3 is 10.5 Å². The molecule has 0 bridgehead atoms. The standard InChI is InChI=1S/C7H15NO/c1-4-7(8)6(3)9-5-2/h4,6-7H,1,5,8H2,2-3H3. The third kappa shape index (κ3) is 3.27. The lowest BCUT2D eigenvalue weighted by atomic mass is 10.2. The van der Waals surface area contributed by atoms with Crippen molar-refractivity contribution in [2.45, 2.75) is 26.0 Å². The van der Waals surface area contributed by atoms with E-state index in [2.05, 4.69) is 6.58 Å². The molecule has 54 valence electrons. The van der Waals surface area contributed by atoms with Crippen LogP contribution in [0.4, 0.5) is 0 Å². The van der Waals surface area contributed by atoms with Crippen molar-refractivity contribution in [2.75, 3.05) is 6.61 Å². The first-order valence-electron chi connectivity index (χ1n) is 3.22. The highest BCUT2D eigenvalue weighted by Gasteiger charge is 2.06. The third-order valence-corrected chi connectivity index (χ3v) is 1.24. The van der Waals surface area contributed by atoms with E-state index in [1.165, 1.54) is 0 Å². The lowest BCUT2D eigenvalue weighted by Gasteiger charge is -2.15. The fourth-order valence-electron chi connectivity index (χ4n) is 0.566. The molecule has 0 saturated carbocycles. The SMILES string of the molecule is C=CC(N)C(C)OCC. The molecule has 2 N–H and O–H groups in total. The number of hydrogen-bond acceptors (Lipinski definition) is 2. The Labute approximate surface area is 56.7 Å². The van der Waals surface area contributed by atoms with E-state index < -0.39 is 0 Å². The van der Waals surface area contributed by atoms with Gasteiger partial charge in [-0.15, -0.1) is 6.58 Å². The van der Waals surface area contributed by atoms with Gasteiger partial charge in [0, 0.05) is 12.6 Å². The van der Waals surface area contributed by atoms with Gasteiger partial charge in [0.15, 0.2) is 0 Å². The molecular formula is C7H15NO. The van der Waals surface area contributed by atoms with Crippen LogP contribution in [0.25, 0.3) is 0 Å². The van der Waals surface area contributed by atoms with Gasteiger partial charge in [0.05, 0.1) is 6.10 Å². The number of hydrogen-bond donors (Lipinski definition) is 1. The van der Waals surface area contributed by atoms with Crippen molar-refractivity contribution in [3.05, 3.63) is 12.7 Å². The molecule has 0 aromatic heterocycles. The summed E-state index contributed by atoms with van der Waals surface area (Å²) in [7, 11) is 0. The predicted octanol–water partition coefficient (Wildman–Crippen LogP) is 0.925. The molecule has 0 radical (unpaired) electrons. The zero-order valence-corrected chi connectivity index (χ0v) is 6.13. The van der Waals surface area contributed by atoms with Crippen molar-refractivity contribution < 1.29 is 4.74 Å². The lowest BCUT2D eigenvalue weighted by molar-refractivity contribution is 0.0679. The normalized spacial score (nSPS) is 16.8. The average molecular weight is 129 g/mol. The third-order valence-electron chi connectivity index (χ3n) is 1.24. The van der Waals surface area contributed by atoms with E-state index in [-0.39, 0.29) is 12.1 Å². The zero-order chi connectivity index (χ0) is 7.28. The molecule has 2 nitrogen and oxygen atoms in total. The van der Waals surface area contributed by atoms with Crippen LogP contribution in [0.15, 0.2) is 12.7 Å². The summed E-state index contributed by atoms with van der Waals surface area (Å²) >= 11 is 0. The van der Waals surface area contributed by atoms with Gasteiger partial charge in [-0.1, -0.05) is 6.08 Å². The summed E-state index contributed by atoms with van der Waals surface area (Å²) in [5.41, 5.74) is 5.56. The van der Waals surface area contributed by atoms with E-state index in [0.29, 0.717) is 6.61 Å². The zero-order valence-electron chi connectivity index (χ0n) is 6.13. The van der Waals surface area contributed by atoms with E-state index in [0.717, 1.165) is 0 Å². The van der Waals surface area contributed by atoms with Crippen molar-refractivity contribution in [3.8, 4) is 0 Å². The van der Waals surface area contributed by atoms with Gasteiger partial charge >= 0.3 is 0 Å². The largest absolute Gasteiger partial charge is 0.377 e. The van der Waals surface area contributed by atoms with Crippen molar-refractivity contribution in [1.29, 1.82) is 0 Å². The molecule has 0 aliphatic rings. The Bertz CT molecular complexity index is 83.0. The Morgan fingerprint density at radius 2 is 2.33 bits per heavy atom. The Kier molecular flexibility index (Phi) is 4.36. The van der Waals surface area contributed by atoms with Crippen molar-refractivity contribution >= 4 is 0 Å². The maximum absolute atomic E-state index is 5.56. The van der Waals surface area contributed by atoms with E-state index in [1.807, 2.05) is 13.8 Å². The smallest absolute Gasteiger partial charge is 0.0733 e. The Morgan fingerprint density at radius 3 is 2.67 bits per heavy atom. The minimum atomic E-state index is -0.0371. The van der Waals surface area contributed by atoms with Crippen molar-refractivity contribution in [3.63, 3.8) is 0 Å². The summed E-state index contributed by atoms with van der Waals surface area (Å²) in [4.78, 5) is 0. The van der Waals surface area contributed by atoms with Crippen LogP contribution in [-0.4, -0.2) is 18.8 Å². The summed E-state index contributed by atoms with van der Waals surface area (Å²) in [5, 5.41) is 0. The lowest BCUT2D eigenvalue weighted by Crippen LogP contribution is -2.32. The second-order valence-electron chi connectivity index (χ2n) is 1.97. The highest BCUT2D eigenvalue weighted by molar-refractivity contribution is 4.86. The minimum Gasteiger partial charge on any atom is -0.377 e. The molecule has 2 heteroatoms. The molecule has 2 atom stereocenters. The van der Waals surface area contributed by atoms with Gasteiger partial charge in [-0.05, 0) is 13.8 Å². The fourth-order valence-corrected chi connectivity index (χ4v) is 0.566. The first-order chi connectivity index (χ1) is 4.22. The Hall–Kier alpha value is -0.340. The van der Waals surface area contributed by atoms with Crippen LogP contribution in [0.2, 0.25) is 0 Å². The molecule has 0 aliphatic carbocycles. The first kappa shape index (κ1) is 8.66. The van der Waals surface area contributed by atoms with Crippen LogP contribution in [0.1, 0.15) is 13.8 Å². The van der Waals surface area contributed by atoms with Crippen LogP contribution >= 0.6 is 0 Å². The number of rotatable bonds is 4. The fraction of sp³-hybridized carbons (Fsp3) is 0.714. The molecule has 0 heterocycles. The molecule has 0 spiro atoms. The van der Waals surface area contributed by atoms with Gasteiger partial charge in [0.2, 0.25) is 0 Å². The molecule has 0 aromatic carbocycles. The summed E-state index contributed by atoms with van der Waals surface area (Å²) < 4.78 is 5.20. The number of ether oxygens (including phenoxy) is 1. The van der Waals surface area contributed by atoms with Gasteiger partial charge in [-0.2, -0.15) is 0 Å². The molecular weight excluding hydrogens is 114 g/mol. The molecule has 0 fully saturated rings. The summed E-state index contributed by atoms with van der Waals surface area (Å²) in [5.74, 6) is 0. The van der Waals surface area contributed by atoms with E-state index in [9.17, 15) is 0 Å². The Balaban J connectivity index is 3.44. The molecule has 9 heavy (non-hydrogen) atoms. The average Bonchev–Trinajstić information content (AvgIpc) is 1.87. The molecule has 0 aromatic rings. The van der Waals surface area contributed by atoms with E-state index >= 15 is 0 Å². The van der Waals surface area contributed by atoms with Crippen molar-refractivity contribution in [1.82, 2.24) is 0 Å². The van der Waals surface area contributed by atoms with Crippen molar-refractivity contribution in [2.24, 2.45) is 5.73 Å². The van der Waals surface area contributed by atoms with Gasteiger partial charge in [-0.3, -0.25) is 0 Å². The predicted molar refractivity (Wildman–Crippen MR) is 39.3 cm³/mol. The second-order valence-corrected chi connectivity index (χ2v) is 1.97. The molecule has 0 saturated heterocycles. The molecule has 2 unspecified atom stereocenters. The maximum Gasteiger partial charge on any atom is 0.0733 e. The quantitative estimate of drug-likeness (QED) is 0.573. The summed E-state index contributed by atoms with van der Waals surface area (Å²) in [6, 6.07) is -0.0371. The van der Waals surface area contributed by atoms with Crippen LogP contribution in [0.5, 0.6) is 0 Å². The van der Waals surface area contributed by atoms with Crippen LogP contribution in [-0.2, 0) is 4.74 Å². The Morgan fingerprint density at radius 1 is 1.78 bits per heavy atom. The van der Waals surface area contributed by atoms with Gasteiger partial charge in [0.25, 0.3) is 0 Å². The van der Waals surface area contributed by atoms with Gasteiger partial charge in [-0.25, -0.2) is 0 Å². The van der Waals surface area contributed by atoms with Crippen LogP contribution < -0.4 is 5.73 Å². The highest BCUT2D eigenvalue weighted by Crippen LogP contribution is 1.95. The second kappa shape index (κ2) is 4.53. The molecule has 0 aliphatic heterocycles. The monoisotopic (exact) mass is 129 g/mol. The topological polar surface area (TPSA) is 35.2 Å². The summed E-state index contributed by atoms with van der Waals surface area (Å²) in [6.07, 6.45) is 1.79. The highest BCUT2D eigenvalue weighted by atomic mass is 16.5. The first-order valence-corrected chi connectivity index (χ1v) is 3.22. The number of nitrogens with two attached hydrogens (primary N) is 1. The van der Waals surface area contributed by atoms with Crippen LogP contribution in [0, 0.1) is 0 Å².